The quantitative estimate of drug-likeness (QED) is 0.145. The summed E-state index contributed by atoms with van der Waals surface area (Å²) >= 11 is 1.86. The standard InChI is InChI=1S/C70H45N3S/c1-4-19-46(20-5-1)48-35-37-49(38-36-48)67-71-68(52-24-18-23-50(43-52)47-21-6-2-7-22-47)73-69(72-67)61-32-13-12-29-57(61)56-28-11-10-27-55(56)51-39-41-60-62-45-54(40-42-65(62)74-66(60)44-51)70(53-25-8-3-9-26-53)63-33-16-14-30-58(63)59-31-15-17-34-64(59)70/h1-45H. The highest BCUT2D eigenvalue weighted by atomic mass is 32.1. The number of benzene rings is 11. The topological polar surface area (TPSA) is 38.7 Å². The minimum atomic E-state index is -0.456. The van der Waals surface area contributed by atoms with Gasteiger partial charge < -0.3 is 0 Å². The Kier molecular flexibility index (Phi) is 10.6. The van der Waals surface area contributed by atoms with Gasteiger partial charge in [0.2, 0.25) is 0 Å². The van der Waals surface area contributed by atoms with Gasteiger partial charge in [-0.25, -0.2) is 15.0 Å². The van der Waals surface area contributed by atoms with Gasteiger partial charge in [0.1, 0.15) is 0 Å². The SMILES string of the molecule is c1ccc(-c2ccc(-c3nc(-c4cccc(-c5ccccc5)c4)nc(-c4ccccc4-c4ccccc4-c4ccc5c(c4)sc4ccc(C6(c7ccccc7)c7ccccc7-c7ccccc76)cc45)n3)cc2)cc1. The Morgan fingerprint density at radius 3 is 1.39 bits per heavy atom. The van der Waals surface area contributed by atoms with Gasteiger partial charge in [-0.05, 0) is 102 Å². The van der Waals surface area contributed by atoms with Crippen LogP contribution in [-0.2, 0) is 5.41 Å². The Morgan fingerprint density at radius 2 is 0.716 bits per heavy atom. The van der Waals surface area contributed by atoms with Crippen molar-refractivity contribution < 1.29 is 0 Å². The van der Waals surface area contributed by atoms with Crippen LogP contribution >= 0.6 is 11.3 Å². The van der Waals surface area contributed by atoms with Gasteiger partial charge >= 0.3 is 0 Å². The highest BCUT2D eigenvalue weighted by Crippen LogP contribution is 2.57. The van der Waals surface area contributed by atoms with E-state index < -0.39 is 5.41 Å². The molecule has 0 radical (unpaired) electrons. The molecule has 0 unspecified atom stereocenters. The van der Waals surface area contributed by atoms with Crippen molar-refractivity contribution in [2.24, 2.45) is 0 Å². The van der Waals surface area contributed by atoms with Gasteiger partial charge in [-0.1, -0.05) is 249 Å². The molecule has 13 aromatic rings. The van der Waals surface area contributed by atoms with Crippen LogP contribution in [-0.4, -0.2) is 15.0 Å². The van der Waals surface area contributed by atoms with Crippen molar-refractivity contribution in [3.05, 3.63) is 295 Å². The third kappa shape index (κ3) is 7.30. The summed E-state index contributed by atoms with van der Waals surface area (Å²) in [5.74, 6) is 1.85. The number of fused-ring (bicyclic) bond motifs is 6. The fraction of sp³-hybridized carbons (Fsp3) is 0.0143. The smallest absolute Gasteiger partial charge is 0.164 e. The number of thiophene rings is 1. The van der Waals surface area contributed by atoms with E-state index in [9.17, 15) is 0 Å². The highest BCUT2D eigenvalue weighted by molar-refractivity contribution is 7.25. The first-order chi connectivity index (χ1) is 36.7. The molecule has 0 N–H and O–H groups in total. The number of nitrogens with zero attached hydrogens (tertiary/aromatic N) is 3. The fourth-order valence-corrected chi connectivity index (χ4v) is 12.6. The van der Waals surface area contributed by atoms with Crippen molar-refractivity contribution in [1.29, 1.82) is 0 Å². The van der Waals surface area contributed by atoms with Crippen molar-refractivity contribution in [1.82, 2.24) is 15.0 Å². The summed E-state index contributed by atoms with van der Waals surface area (Å²) in [4.78, 5) is 15.8. The molecule has 0 saturated heterocycles. The average molecular weight is 960 g/mol. The lowest BCUT2D eigenvalue weighted by Gasteiger charge is -2.34. The van der Waals surface area contributed by atoms with E-state index >= 15 is 0 Å². The van der Waals surface area contributed by atoms with Crippen molar-refractivity contribution in [3.63, 3.8) is 0 Å². The van der Waals surface area contributed by atoms with E-state index in [0.717, 1.165) is 61.2 Å². The van der Waals surface area contributed by atoms with Crippen LogP contribution in [0, 0.1) is 0 Å². The summed E-state index contributed by atoms with van der Waals surface area (Å²) < 4.78 is 2.52. The maximum absolute atomic E-state index is 5.32. The van der Waals surface area contributed by atoms with Crippen molar-refractivity contribution >= 4 is 31.5 Å². The monoisotopic (exact) mass is 959 g/mol. The molecule has 0 saturated carbocycles. The van der Waals surface area contributed by atoms with Gasteiger partial charge in [0, 0.05) is 36.9 Å². The largest absolute Gasteiger partial charge is 0.208 e. The maximum atomic E-state index is 5.32. The lowest BCUT2D eigenvalue weighted by molar-refractivity contribution is 0.770. The van der Waals surface area contributed by atoms with Crippen LogP contribution in [0.15, 0.2) is 273 Å². The Morgan fingerprint density at radius 1 is 0.243 bits per heavy atom. The normalized spacial score (nSPS) is 12.4. The molecule has 1 aliphatic carbocycles. The fourth-order valence-electron chi connectivity index (χ4n) is 11.4. The van der Waals surface area contributed by atoms with E-state index in [1.807, 2.05) is 23.5 Å². The predicted octanol–water partition coefficient (Wildman–Crippen LogP) is 18.3. The van der Waals surface area contributed by atoms with Crippen LogP contribution in [0.3, 0.4) is 0 Å². The summed E-state index contributed by atoms with van der Waals surface area (Å²) in [7, 11) is 0. The molecule has 3 nitrogen and oxygen atoms in total. The lowest BCUT2D eigenvalue weighted by atomic mass is 9.67. The van der Waals surface area contributed by atoms with Gasteiger partial charge in [0.25, 0.3) is 0 Å². The van der Waals surface area contributed by atoms with Crippen molar-refractivity contribution in [3.8, 4) is 89.8 Å². The second kappa shape index (κ2) is 18.0. The van der Waals surface area contributed by atoms with E-state index in [1.165, 1.54) is 53.6 Å². The van der Waals surface area contributed by atoms with Crippen LogP contribution in [0.4, 0.5) is 0 Å². The molecular formula is C70H45N3S. The number of hydrogen-bond donors (Lipinski definition) is 0. The third-order valence-corrected chi connectivity index (χ3v) is 16.0. The van der Waals surface area contributed by atoms with Crippen LogP contribution in [0.2, 0.25) is 0 Å². The molecule has 1 aliphatic rings. The first kappa shape index (κ1) is 43.4. The molecule has 2 aromatic heterocycles. The van der Waals surface area contributed by atoms with Crippen molar-refractivity contribution in [2.75, 3.05) is 0 Å². The molecule has 11 aromatic carbocycles. The second-order valence-corrected chi connectivity index (χ2v) is 20.1. The van der Waals surface area contributed by atoms with Crippen LogP contribution in [0.1, 0.15) is 22.3 Å². The van der Waals surface area contributed by atoms with Crippen LogP contribution in [0.5, 0.6) is 0 Å². The molecule has 0 spiro atoms. The van der Waals surface area contributed by atoms with E-state index in [0.29, 0.717) is 17.5 Å². The zero-order valence-electron chi connectivity index (χ0n) is 40.2. The molecule has 0 fully saturated rings. The minimum absolute atomic E-state index is 0.456. The van der Waals surface area contributed by atoms with Crippen LogP contribution in [0.25, 0.3) is 110 Å². The number of rotatable bonds is 9. The Labute approximate surface area is 434 Å². The molecule has 14 rings (SSSR count). The molecule has 2 heterocycles. The number of aromatic nitrogens is 3. The Bertz CT molecular complexity index is 4190. The zero-order valence-corrected chi connectivity index (χ0v) is 41.0. The van der Waals surface area contributed by atoms with Gasteiger partial charge in [-0.2, -0.15) is 0 Å². The highest BCUT2D eigenvalue weighted by Gasteiger charge is 2.46. The second-order valence-electron chi connectivity index (χ2n) is 19.0. The molecule has 0 amide bonds. The summed E-state index contributed by atoms with van der Waals surface area (Å²) in [6.07, 6.45) is 0. The number of hydrogen-bond acceptors (Lipinski definition) is 4. The summed E-state index contributed by atoms with van der Waals surface area (Å²) in [6, 6.07) is 98.4. The lowest BCUT2D eigenvalue weighted by Crippen LogP contribution is -2.28. The first-order valence-corrected chi connectivity index (χ1v) is 26.0. The summed E-state index contributed by atoms with van der Waals surface area (Å²) in [5, 5.41) is 2.53. The van der Waals surface area contributed by atoms with Crippen LogP contribution < -0.4 is 0 Å². The Balaban J connectivity index is 0.884. The molecular weight excluding hydrogens is 915 g/mol. The van der Waals surface area contributed by atoms with E-state index in [1.54, 1.807) is 0 Å². The van der Waals surface area contributed by atoms with Gasteiger partial charge in [0.15, 0.2) is 17.5 Å². The summed E-state index contributed by atoms with van der Waals surface area (Å²) in [6.45, 7) is 0. The van der Waals surface area contributed by atoms with Gasteiger partial charge in [-0.3, -0.25) is 0 Å². The van der Waals surface area contributed by atoms with Gasteiger partial charge in [-0.15, -0.1) is 11.3 Å². The molecule has 74 heavy (non-hydrogen) atoms. The Hall–Kier alpha value is -9.35. The summed E-state index contributed by atoms with van der Waals surface area (Å²) in [5.41, 5.74) is 19.1. The minimum Gasteiger partial charge on any atom is -0.208 e. The maximum Gasteiger partial charge on any atom is 0.164 e. The van der Waals surface area contributed by atoms with E-state index in [-0.39, 0.29) is 0 Å². The predicted molar refractivity (Wildman–Crippen MR) is 308 cm³/mol. The van der Waals surface area contributed by atoms with Crippen molar-refractivity contribution in [2.45, 2.75) is 5.41 Å². The molecule has 4 heteroatoms. The molecule has 0 bridgehead atoms. The van der Waals surface area contributed by atoms with E-state index in [4.69, 9.17) is 15.0 Å². The molecule has 346 valence electrons. The molecule has 0 atom stereocenters. The zero-order chi connectivity index (χ0) is 49.0. The van der Waals surface area contributed by atoms with Gasteiger partial charge in [0.05, 0.1) is 5.41 Å². The average Bonchev–Trinajstić information content (AvgIpc) is 4.06. The van der Waals surface area contributed by atoms with E-state index in [2.05, 4.69) is 261 Å². The first-order valence-electron chi connectivity index (χ1n) is 25.2. The molecule has 0 aliphatic heterocycles. The third-order valence-electron chi connectivity index (χ3n) is 14.9.